The fraction of sp³-hybridized carbons (Fsp3) is 0.438. The second-order valence-electron chi connectivity index (χ2n) is 5.24. The van der Waals surface area contributed by atoms with E-state index in [0.29, 0.717) is 12.5 Å². The molecule has 1 unspecified atom stereocenters. The average Bonchev–Trinajstić information content (AvgIpc) is 2.81. The van der Waals surface area contributed by atoms with Gasteiger partial charge in [-0.15, -0.1) is 0 Å². The molecule has 0 bridgehead atoms. The average molecular weight is 292 g/mol. The number of benzene rings is 1. The normalized spacial score (nSPS) is 12.6. The molecule has 0 amide bonds. The lowest BCUT2D eigenvalue weighted by molar-refractivity contribution is 0.510. The van der Waals surface area contributed by atoms with Gasteiger partial charge in [-0.3, -0.25) is 4.68 Å². The lowest BCUT2D eigenvalue weighted by Crippen LogP contribution is -2.20. The largest absolute Gasteiger partial charge is 0.330 e. The van der Waals surface area contributed by atoms with Gasteiger partial charge < -0.3 is 5.73 Å². The highest BCUT2D eigenvalue weighted by atomic mass is 35.5. The predicted octanol–water partition coefficient (Wildman–Crippen LogP) is 3.00. The van der Waals surface area contributed by atoms with Crippen LogP contribution in [0.1, 0.15) is 23.9 Å². The minimum atomic E-state index is 0.427. The van der Waals surface area contributed by atoms with Gasteiger partial charge in [-0.1, -0.05) is 30.7 Å². The van der Waals surface area contributed by atoms with Gasteiger partial charge in [0.25, 0.3) is 0 Å². The summed E-state index contributed by atoms with van der Waals surface area (Å²) >= 11 is 5.92. The van der Waals surface area contributed by atoms with Crippen LogP contribution in [0.3, 0.4) is 0 Å². The van der Waals surface area contributed by atoms with E-state index in [1.54, 1.807) is 0 Å². The van der Waals surface area contributed by atoms with Crippen LogP contribution in [0.5, 0.6) is 0 Å². The second kappa shape index (κ2) is 6.91. The summed E-state index contributed by atoms with van der Waals surface area (Å²) in [6.45, 7) is 2.80. The van der Waals surface area contributed by atoms with E-state index < -0.39 is 0 Å². The van der Waals surface area contributed by atoms with E-state index in [4.69, 9.17) is 17.3 Å². The van der Waals surface area contributed by atoms with Crippen molar-refractivity contribution in [2.75, 3.05) is 6.54 Å². The number of halogens is 1. The van der Waals surface area contributed by atoms with Crippen LogP contribution >= 0.6 is 11.6 Å². The quantitative estimate of drug-likeness (QED) is 0.889. The molecular formula is C16H22ClN3. The highest BCUT2D eigenvalue weighted by molar-refractivity contribution is 6.30. The summed E-state index contributed by atoms with van der Waals surface area (Å²) in [6.07, 6.45) is 2.90. The molecule has 1 heterocycles. The standard InChI is InChI=1S/C16H22ClN3/c1-3-15-10-16(20(2)19-15)9-13(11-18)8-12-4-6-14(17)7-5-12/h4-7,10,13H,3,8-9,11,18H2,1-2H3. The van der Waals surface area contributed by atoms with E-state index in [-0.39, 0.29) is 0 Å². The van der Waals surface area contributed by atoms with Crippen LogP contribution in [0.15, 0.2) is 30.3 Å². The highest BCUT2D eigenvalue weighted by Gasteiger charge is 2.12. The van der Waals surface area contributed by atoms with Gasteiger partial charge in [-0.05, 0) is 55.5 Å². The number of nitrogens with zero attached hydrogens (tertiary/aromatic N) is 2. The molecule has 0 saturated carbocycles. The number of aromatic nitrogens is 2. The fourth-order valence-electron chi connectivity index (χ4n) is 2.42. The molecule has 4 heteroatoms. The SMILES string of the molecule is CCc1cc(CC(CN)Cc2ccc(Cl)cc2)n(C)n1. The summed E-state index contributed by atoms with van der Waals surface area (Å²) in [4.78, 5) is 0. The molecule has 108 valence electrons. The van der Waals surface area contributed by atoms with Gasteiger partial charge in [-0.2, -0.15) is 5.10 Å². The van der Waals surface area contributed by atoms with Crippen LogP contribution in [0, 0.1) is 5.92 Å². The van der Waals surface area contributed by atoms with Crippen LogP contribution in [-0.4, -0.2) is 16.3 Å². The summed E-state index contributed by atoms with van der Waals surface area (Å²) in [5, 5.41) is 5.27. The number of rotatable bonds is 6. The Morgan fingerprint density at radius 2 is 1.95 bits per heavy atom. The highest BCUT2D eigenvalue weighted by Crippen LogP contribution is 2.17. The number of hydrogen-bond acceptors (Lipinski definition) is 2. The third-order valence-corrected chi connectivity index (χ3v) is 3.91. The van der Waals surface area contributed by atoms with Gasteiger partial charge in [0.15, 0.2) is 0 Å². The van der Waals surface area contributed by atoms with Gasteiger partial charge >= 0.3 is 0 Å². The Bertz CT molecular complexity index is 545. The molecule has 2 aromatic rings. The third kappa shape index (κ3) is 3.84. The van der Waals surface area contributed by atoms with Crippen molar-refractivity contribution in [2.24, 2.45) is 18.7 Å². The minimum absolute atomic E-state index is 0.427. The number of aryl methyl sites for hydroxylation is 2. The topological polar surface area (TPSA) is 43.8 Å². The Kier molecular flexibility index (Phi) is 5.21. The third-order valence-electron chi connectivity index (χ3n) is 3.66. The van der Waals surface area contributed by atoms with Crippen LogP contribution < -0.4 is 5.73 Å². The van der Waals surface area contributed by atoms with Crippen LogP contribution in [-0.2, 0) is 26.3 Å². The molecule has 2 N–H and O–H groups in total. The van der Waals surface area contributed by atoms with E-state index >= 15 is 0 Å². The summed E-state index contributed by atoms with van der Waals surface area (Å²) in [6, 6.07) is 10.2. The van der Waals surface area contributed by atoms with Crippen LogP contribution in [0.25, 0.3) is 0 Å². The second-order valence-corrected chi connectivity index (χ2v) is 5.68. The van der Waals surface area contributed by atoms with Crippen molar-refractivity contribution in [3.05, 3.63) is 52.3 Å². The first kappa shape index (κ1) is 15.1. The first-order valence-electron chi connectivity index (χ1n) is 7.08. The van der Waals surface area contributed by atoms with Gasteiger partial charge in [0.05, 0.1) is 5.69 Å². The number of nitrogens with two attached hydrogens (primary N) is 1. The minimum Gasteiger partial charge on any atom is -0.330 e. The molecule has 0 radical (unpaired) electrons. The molecule has 0 aliphatic heterocycles. The Hall–Kier alpha value is -1.32. The first-order chi connectivity index (χ1) is 9.62. The zero-order valence-corrected chi connectivity index (χ0v) is 12.9. The van der Waals surface area contributed by atoms with Crippen molar-refractivity contribution in [1.82, 2.24) is 9.78 Å². The smallest absolute Gasteiger partial charge is 0.0624 e. The van der Waals surface area contributed by atoms with Gasteiger partial charge in [0.1, 0.15) is 0 Å². The fourth-order valence-corrected chi connectivity index (χ4v) is 2.55. The monoisotopic (exact) mass is 291 g/mol. The molecule has 0 fully saturated rings. The van der Waals surface area contributed by atoms with Crippen molar-refractivity contribution >= 4 is 11.6 Å². The molecule has 1 aromatic heterocycles. The Balaban J connectivity index is 2.04. The van der Waals surface area contributed by atoms with E-state index in [2.05, 4.69) is 30.2 Å². The summed E-state index contributed by atoms with van der Waals surface area (Å²) < 4.78 is 1.98. The van der Waals surface area contributed by atoms with Crippen molar-refractivity contribution in [3.8, 4) is 0 Å². The first-order valence-corrected chi connectivity index (χ1v) is 7.46. The van der Waals surface area contributed by atoms with E-state index in [1.807, 2.05) is 23.9 Å². The summed E-state index contributed by atoms with van der Waals surface area (Å²) in [5.41, 5.74) is 9.61. The van der Waals surface area contributed by atoms with Crippen LogP contribution in [0.2, 0.25) is 5.02 Å². The molecule has 0 saturated heterocycles. The maximum absolute atomic E-state index is 5.93. The number of hydrogen-bond donors (Lipinski definition) is 1. The zero-order chi connectivity index (χ0) is 14.5. The molecule has 20 heavy (non-hydrogen) atoms. The molecule has 1 atom stereocenters. The molecular weight excluding hydrogens is 270 g/mol. The molecule has 1 aromatic carbocycles. The zero-order valence-electron chi connectivity index (χ0n) is 12.1. The molecule has 0 spiro atoms. The van der Waals surface area contributed by atoms with Crippen LogP contribution in [0.4, 0.5) is 0 Å². The Morgan fingerprint density at radius 3 is 2.50 bits per heavy atom. The van der Waals surface area contributed by atoms with Gasteiger partial charge in [-0.25, -0.2) is 0 Å². The Morgan fingerprint density at radius 1 is 1.25 bits per heavy atom. The maximum Gasteiger partial charge on any atom is 0.0624 e. The van der Waals surface area contributed by atoms with Crippen molar-refractivity contribution in [2.45, 2.75) is 26.2 Å². The van der Waals surface area contributed by atoms with Crippen molar-refractivity contribution in [3.63, 3.8) is 0 Å². The van der Waals surface area contributed by atoms with E-state index in [0.717, 1.165) is 30.0 Å². The molecule has 0 aliphatic carbocycles. The summed E-state index contributed by atoms with van der Waals surface area (Å²) in [7, 11) is 2.00. The van der Waals surface area contributed by atoms with Crippen molar-refractivity contribution < 1.29 is 0 Å². The Labute approximate surface area is 125 Å². The lowest BCUT2D eigenvalue weighted by atomic mass is 9.94. The van der Waals surface area contributed by atoms with E-state index in [9.17, 15) is 0 Å². The lowest BCUT2D eigenvalue weighted by Gasteiger charge is -2.15. The van der Waals surface area contributed by atoms with E-state index in [1.165, 1.54) is 11.3 Å². The molecule has 2 rings (SSSR count). The van der Waals surface area contributed by atoms with Gasteiger partial charge in [0.2, 0.25) is 0 Å². The predicted molar refractivity (Wildman–Crippen MR) is 84.0 cm³/mol. The summed E-state index contributed by atoms with van der Waals surface area (Å²) in [5.74, 6) is 0.427. The van der Waals surface area contributed by atoms with Crippen molar-refractivity contribution in [1.29, 1.82) is 0 Å². The maximum atomic E-state index is 5.93. The van der Waals surface area contributed by atoms with Gasteiger partial charge in [0, 0.05) is 17.8 Å². The molecule has 0 aliphatic rings. The molecule has 3 nitrogen and oxygen atoms in total.